The molecule has 0 saturated heterocycles. The molecule has 1 aromatic carbocycles. The first kappa shape index (κ1) is 27.9. The molecule has 0 radical (unpaired) electrons. The van der Waals surface area contributed by atoms with Crippen LogP contribution in [0.15, 0.2) is 42.6 Å². The van der Waals surface area contributed by atoms with Crippen LogP contribution < -0.4 is 10.4 Å². The molecule has 0 aliphatic rings. The lowest BCUT2D eigenvalue weighted by Crippen LogP contribution is -2.42. The Morgan fingerprint density at radius 2 is 1.70 bits per heavy atom. The number of aromatic nitrogens is 2. The van der Waals surface area contributed by atoms with Crippen LogP contribution in [-0.4, -0.2) is 39.6 Å². The van der Waals surface area contributed by atoms with Crippen molar-refractivity contribution in [1.29, 1.82) is 0 Å². The number of nitrogens with one attached hydrogen (secondary N) is 1. The van der Waals surface area contributed by atoms with Gasteiger partial charge in [0, 0.05) is 24.5 Å². The van der Waals surface area contributed by atoms with Crippen LogP contribution in [0.1, 0.15) is 74.4 Å². The number of hydrogen-bond donors (Lipinski definition) is 1. The van der Waals surface area contributed by atoms with Gasteiger partial charge in [0.15, 0.2) is 5.65 Å². The van der Waals surface area contributed by atoms with Gasteiger partial charge in [0.25, 0.3) is 5.91 Å². The van der Waals surface area contributed by atoms with E-state index < -0.39 is 17.3 Å². The lowest BCUT2D eigenvalue weighted by molar-refractivity contribution is -0.0355. The van der Waals surface area contributed by atoms with Crippen molar-refractivity contribution in [2.75, 3.05) is 12.1 Å². The third kappa shape index (κ3) is 6.77. The summed E-state index contributed by atoms with van der Waals surface area (Å²) in [5.41, 5.74) is 3.03. The van der Waals surface area contributed by atoms with Crippen LogP contribution in [0.25, 0.3) is 11.7 Å². The van der Waals surface area contributed by atoms with E-state index in [-0.39, 0.29) is 5.91 Å². The maximum absolute atomic E-state index is 13.6. The number of hydrogen-bond acceptors (Lipinski definition) is 5. The summed E-state index contributed by atoms with van der Waals surface area (Å²) in [6, 6.07) is 9.88. The molecule has 2 heterocycles. The van der Waals surface area contributed by atoms with Crippen LogP contribution in [0, 0.1) is 13.8 Å². The zero-order valence-corrected chi connectivity index (χ0v) is 23.3. The van der Waals surface area contributed by atoms with Crippen molar-refractivity contribution < 1.29 is 19.2 Å². The van der Waals surface area contributed by atoms with Crippen molar-refractivity contribution in [1.82, 2.24) is 14.7 Å². The number of fused-ring (bicyclic) bond motifs is 1. The van der Waals surface area contributed by atoms with Gasteiger partial charge in [-0.05, 0) is 67.4 Å². The van der Waals surface area contributed by atoms with Gasteiger partial charge < -0.3 is 14.5 Å². The van der Waals surface area contributed by atoms with Gasteiger partial charge in [0.2, 0.25) is 0 Å². The molecule has 3 rings (SSSR count). The third-order valence-corrected chi connectivity index (χ3v) is 5.50. The highest BCUT2D eigenvalue weighted by molar-refractivity contribution is 6.01. The van der Waals surface area contributed by atoms with Gasteiger partial charge in [0.05, 0.1) is 16.9 Å². The number of carbonyl (C=O) groups excluding carboxylic acids is 2. The molecular formula is C29H38N4O4. The number of rotatable bonds is 6. The Morgan fingerprint density at radius 1 is 1.05 bits per heavy atom. The smallest absolute Gasteiger partial charge is 0.439 e. The average Bonchev–Trinajstić information content (AvgIpc) is 3.08. The molecule has 3 aromatic rings. The fraction of sp³-hybridized carbons (Fsp3) is 0.414. The topological polar surface area (TPSA) is 85.2 Å². The lowest BCUT2D eigenvalue weighted by atomic mass is 10.0. The van der Waals surface area contributed by atoms with Crippen molar-refractivity contribution in [2.24, 2.45) is 0 Å². The number of carbonyl (C=O) groups is 2. The van der Waals surface area contributed by atoms with Crippen molar-refractivity contribution in [3.63, 3.8) is 0 Å². The predicted molar refractivity (Wildman–Crippen MR) is 147 cm³/mol. The van der Waals surface area contributed by atoms with Crippen molar-refractivity contribution in [3.8, 4) is 0 Å². The van der Waals surface area contributed by atoms with Crippen LogP contribution >= 0.6 is 0 Å². The third-order valence-electron chi connectivity index (χ3n) is 5.50. The second-order valence-corrected chi connectivity index (χ2v) is 10.9. The number of anilines is 1. The summed E-state index contributed by atoms with van der Waals surface area (Å²) in [6.45, 7) is 14.7. The maximum Gasteiger partial charge on any atom is 0.439 e. The number of imidazole rings is 1. The number of benzene rings is 1. The number of hydroxylamine groups is 1. The number of amides is 2. The standard InChI is InChI=1S/C29H38N4O4/c1-19-20(2)32-18-23(26(34)30-9)22(17-13-16-21-14-11-10-12-15-21)24(25(32)31-19)33(37-29(6,7)8)27(35)36-28(3,4)5/h10-16,18H,17H2,1-9H3,(H,30,34)/b16-13+. The molecule has 0 aliphatic heterocycles. The quantitative estimate of drug-likeness (QED) is 0.412. The van der Waals surface area contributed by atoms with Crippen LogP contribution in [-0.2, 0) is 16.0 Å². The highest BCUT2D eigenvalue weighted by Crippen LogP contribution is 2.34. The van der Waals surface area contributed by atoms with E-state index in [2.05, 4.69) is 5.32 Å². The Bertz CT molecular complexity index is 1310. The molecule has 0 saturated carbocycles. The molecule has 0 spiro atoms. The average molecular weight is 507 g/mol. The molecule has 0 bridgehead atoms. The predicted octanol–water partition coefficient (Wildman–Crippen LogP) is 6.04. The molecule has 2 aromatic heterocycles. The fourth-order valence-corrected chi connectivity index (χ4v) is 3.80. The molecule has 198 valence electrons. The summed E-state index contributed by atoms with van der Waals surface area (Å²) < 4.78 is 7.57. The van der Waals surface area contributed by atoms with Crippen LogP contribution in [0.5, 0.6) is 0 Å². The Hall–Kier alpha value is -3.65. The van der Waals surface area contributed by atoms with Gasteiger partial charge in [-0.3, -0.25) is 9.63 Å². The number of nitrogens with zero attached hydrogens (tertiary/aromatic N) is 3. The van der Waals surface area contributed by atoms with Gasteiger partial charge in [-0.1, -0.05) is 42.5 Å². The van der Waals surface area contributed by atoms with E-state index in [0.717, 1.165) is 22.0 Å². The zero-order chi connectivity index (χ0) is 27.5. The normalized spacial score (nSPS) is 12.2. The van der Waals surface area contributed by atoms with Gasteiger partial charge in [-0.2, -0.15) is 0 Å². The highest BCUT2D eigenvalue weighted by Gasteiger charge is 2.34. The van der Waals surface area contributed by atoms with E-state index in [0.29, 0.717) is 28.9 Å². The molecular weight excluding hydrogens is 468 g/mol. The Morgan fingerprint density at radius 3 is 2.27 bits per heavy atom. The second-order valence-electron chi connectivity index (χ2n) is 10.9. The summed E-state index contributed by atoms with van der Waals surface area (Å²) in [4.78, 5) is 37.7. The van der Waals surface area contributed by atoms with E-state index in [1.165, 1.54) is 0 Å². The van der Waals surface area contributed by atoms with Gasteiger partial charge in [0.1, 0.15) is 11.3 Å². The highest BCUT2D eigenvalue weighted by atomic mass is 16.7. The summed E-state index contributed by atoms with van der Waals surface area (Å²) in [5, 5.41) is 3.89. The first-order valence-electron chi connectivity index (χ1n) is 12.4. The molecule has 2 amide bonds. The minimum absolute atomic E-state index is 0.281. The van der Waals surface area contributed by atoms with Gasteiger partial charge >= 0.3 is 6.09 Å². The van der Waals surface area contributed by atoms with E-state index in [1.54, 1.807) is 34.0 Å². The van der Waals surface area contributed by atoms with E-state index in [9.17, 15) is 9.59 Å². The van der Waals surface area contributed by atoms with Crippen molar-refractivity contribution in [3.05, 3.63) is 70.7 Å². The summed E-state index contributed by atoms with van der Waals surface area (Å²) in [7, 11) is 1.58. The number of allylic oxidation sites excluding steroid dienone is 1. The van der Waals surface area contributed by atoms with E-state index in [1.807, 2.05) is 81.5 Å². The molecule has 0 atom stereocenters. The van der Waals surface area contributed by atoms with E-state index in [4.69, 9.17) is 14.6 Å². The van der Waals surface area contributed by atoms with E-state index >= 15 is 0 Å². The summed E-state index contributed by atoms with van der Waals surface area (Å²) >= 11 is 0. The van der Waals surface area contributed by atoms with Crippen LogP contribution in [0.4, 0.5) is 10.5 Å². The second kappa shape index (κ2) is 10.8. The molecule has 8 heteroatoms. The lowest BCUT2D eigenvalue weighted by Gasteiger charge is -2.33. The number of pyridine rings is 1. The number of ether oxygens (including phenoxy) is 1. The van der Waals surface area contributed by atoms with Crippen LogP contribution in [0.2, 0.25) is 0 Å². The SMILES string of the molecule is CNC(=O)c1cn2c(C)c(C)nc2c(N(OC(C)(C)C)C(=O)OC(C)(C)C)c1C/C=C/c1ccccc1. The molecule has 1 N–H and O–H groups in total. The Balaban J connectivity index is 2.33. The monoisotopic (exact) mass is 506 g/mol. The first-order valence-corrected chi connectivity index (χ1v) is 12.4. The number of aryl methyl sites for hydroxylation is 2. The zero-order valence-electron chi connectivity index (χ0n) is 23.3. The molecule has 8 nitrogen and oxygen atoms in total. The minimum atomic E-state index is -0.764. The van der Waals surface area contributed by atoms with Crippen molar-refractivity contribution >= 4 is 29.4 Å². The summed E-state index contributed by atoms with van der Waals surface area (Å²) in [5.74, 6) is -0.281. The molecule has 0 fully saturated rings. The summed E-state index contributed by atoms with van der Waals surface area (Å²) in [6.07, 6.45) is 5.37. The van der Waals surface area contributed by atoms with Crippen LogP contribution in [0.3, 0.4) is 0 Å². The molecule has 0 aliphatic carbocycles. The van der Waals surface area contributed by atoms with Crippen molar-refractivity contribution in [2.45, 2.75) is 73.0 Å². The maximum atomic E-state index is 13.6. The van der Waals surface area contributed by atoms with Gasteiger partial charge in [-0.15, -0.1) is 5.06 Å². The largest absolute Gasteiger partial charge is 0.442 e. The fourth-order valence-electron chi connectivity index (χ4n) is 3.80. The molecule has 37 heavy (non-hydrogen) atoms. The molecule has 0 unspecified atom stereocenters. The Kier molecular flexibility index (Phi) is 8.12. The first-order chi connectivity index (χ1) is 17.2. The Labute approximate surface area is 219 Å². The van der Waals surface area contributed by atoms with Gasteiger partial charge in [-0.25, -0.2) is 9.78 Å². The minimum Gasteiger partial charge on any atom is -0.442 e.